The summed E-state index contributed by atoms with van der Waals surface area (Å²) in [5.41, 5.74) is 0. The fourth-order valence-corrected chi connectivity index (χ4v) is 3.74. The molecule has 0 bridgehead atoms. The lowest BCUT2D eigenvalue weighted by Crippen LogP contribution is -2.18. The van der Waals surface area contributed by atoms with E-state index in [-0.39, 0.29) is 0 Å². The van der Waals surface area contributed by atoms with E-state index in [4.69, 9.17) is 9.26 Å². The topological polar surface area (TPSA) is 86.0 Å². The van der Waals surface area contributed by atoms with Crippen molar-refractivity contribution in [1.82, 2.24) is 20.3 Å². The summed E-state index contributed by atoms with van der Waals surface area (Å²) in [7, 11) is 0. The lowest BCUT2D eigenvalue weighted by molar-refractivity contribution is 0.120. The Morgan fingerprint density at radius 1 is 1.41 bits per heavy atom. The zero-order valence-electron chi connectivity index (χ0n) is 12.4. The van der Waals surface area contributed by atoms with Crippen molar-refractivity contribution in [2.24, 2.45) is 0 Å². The Balaban J connectivity index is 1.44. The van der Waals surface area contributed by atoms with Crippen LogP contribution in [-0.4, -0.2) is 39.6 Å². The summed E-state index contributed by atoms with van der Waals surface area (Å²) in [6, 6.07) is 0. The second-order valence-corrected chi connectivity index (χ2v) is 7.23. The van der Waals surface area contributed by atoms with Gasteiger partial charge >= 0.3 is 0 Å². The maximum Gasteiger partial charge on any atom is 0.237 e. The molecule has 1 fully saturated rings. The molecule has 3 rings (SSSR count). The average Bonchev–Trinajstić information content (AvgIpc) is 3.26. The van der Waals surface area contributed by atoms with Gasteiger partial charge in [0.05, 0.1) is 11.9 Å². The lowest BCUT2D eigenvalue weighted by atomic mass is 10.2. The number of anilines is 1. The van der Waals surface area contributed by atoms with Crippen LogP contribution in [0.2, 0.25) is 0 Å². The molecule has 1 unspecified atom stereocenters. The largest absolute Gasteiger partial charge is 0.376 e. The van der Waals surface area contributed by atoms with Gasteiger partial charge in [-0.1, -0.05) is 35.2 Å². The van der Waals surface area contributed by atoms with E-state index in [9.17, 15) is 0 Å². The van der Waals surface area contributed by atoms with Crippen molar-refractivity contribution in [2.75, 3.05) is 18.5 Å². The summed E-state index contributed by atoms with van der Waals surface area (Å²) in [6.45, 7) is 3.76. The van der Waals surface area contributed by atoms with Crippen LogP contribution in [-0.2, 0) is 16.9 Å². The maximum atomic E-state index is 5.57. The van der Waals surface area contributed by atoms with Crippen LogP contribution in [0.4, 0.5) is 5.13 Å². The van der Waals surface area contributed by atoms with Crippen LogP contribution in [0.1, 0.15) is 37.9 Å². The summed E-state index contributed by atoms with van der Waals surface area (Å²) in [4.78, 5) is 4.34. The number of rotatable bonds is 8. The fourth-order valence-electron chi connectivity index (χ4n) is 2.14. The monoisotopic (exact) mass is 341 g/mol. The standard InChI is InChI=1S/C13H19N5O2S2/c1-2-4-10-15-11(20-18-10)8-21-13-17-16-12(22-13)14-7-9-5-3-6-19-9/h9H,2-8H2,1H3,(H,14,16). The second-order valence-electron chi connectivity index (χ2n) is 5.03. The van der Waals surface area contributed by atoms with Gasteiger partial charge in [-0.25, -0.2) is 0 Å². The minimum atomic E-state index is 0.301. The van der Waals surface area contributed by atoms with E-state index in [2.05, 4.69) is 32.6 Å². The highest BCUT2D eigenvalue weighted by molar-refractivity contribution is 8.00. The van der Waals surface area contributed by atoms with Gasteiger partial charge in [-0.3, -0.25) is 0 Å². The number of hydrogen-bond donors (Lipinski definition) is 1. The first kappa shape index (κ1) is 15.7. The molecule has 2 aromatic rings. The minimum Gasteiger partial charge on any atom is -0.376 e. The summed E-state index contributed by atoms with van der Waals surface area (Å²) in [5, 5.41) is 16.3. The van der Waals surface area contributed by atoms with Gasteiger partial charge < -0.3 is 14.6 Å². The van der Waals surface area contributed by atoms with Crippen LogP contribution in [0.3, 0.4) is 0 Å². The van der Waals surface area contributed by atoms with Gasteiger partial charge in [-0.05, 0) is 19.3 Å². The number of nitrogens with one attached hydrogen (secondary N) is 1. The molecule has 3 heterocycles. The number of thioether (sulfide) groups is 1. The van der Waals surface area contributed by atoms with Gasteiger partial charge in [0.15, 0.2) is 10.2 Å². The third-order valence-electron chi connectivity index (χ3n) is 3.21. The summed E-state index contributed by atoms with van der Waals surface area (Å²) < 4.78 is 11.7. The van der Waals surface area contributed by atoms with E-state index in [1.54, 1.807) is 11.8 Å². The number of nitrogens with zero attached hydrogens (tertiary/aromatic N) is 4. The molecule has 1 saturated heterocycles. The van der Waals surface area contributed by atoms with Crippen molar-refractivity contribution in [2.45, 2.75) is 48.8 Å². The van der Waals surface area contributed by atoms with Crippen molar-refractivity contribution >= 4 is 28.2 Å². The Kier molecular flexibility index (Phi) is 5.63. The van der Waals surface area contributed by atoms with E-state index in [1.807, 2.05) is 0 Å². The summed E-state index contributed by atoms with van der Waals surface area (Å²) >= 11 is 3.10. The average molecular weight is 341 g/mol. The zero-order chi connectivity index (χ0) is 15.2. The van der Waals surface area contributed by atoms with Gasteiger partial charge in [0.1, 0.15) is 0 Å². The van der Waals surface area contributed by atoms with Gasteiger partial charge in [-0.2, -0.15) is 4.98 Å². The van der Waals surface area contributed by atoms with Gasteiger partial charge in [0, 0.05) is 19.6 Å². The van der Waals surface area contributed by atoms with Crippen LogP contribution >= 0.6 is 23.1 Å². The normalized spacial score (nSPS) is 18.0. The minimum absolute atomic E-state index is 0.301. The van der Waals surface area contributed by atoms with E-state index in [0.717, 1.165) is 54.1 Å². The van der Waals surface area contributed by atoms with E-state index in [1.165, 1.54) is 11.3 Å². The Hall–Kier alpha value is -1.19. The predicted octanol–water partition coefficient (Wildman–Crippen LogP) is 2.76. The van der Waals surface area contributed by atoms with Crippen molar-refractivity contribution in [3.63, 3.8) is 0 Å². The zero-order valence-corrected chi connectivity index (χ0v) is 14.1. The third-order valence-corrected chi connectivity index (χ3v) is 5.21. The fraction of sp³-hybridized carbons (Fsp3) is 0.692. The maximum absolute atomic E-state index is 5.57. The summed E-state index contributed by atoms with van der Waals surface area (Å²) in [5.74, 6) is 2.03. The van der Waals surface area contributed by atoms with Gasteiger partial charge in [0.2, 0.25) is 11.0 Å². The first-order chi connectivity index (χ1) is 10.8. The lowest BCUT2D eigenvalue weighted by Gasteiger charge is -2.08. The molecule has 0 aliphatic carbocycles. The number of hydrogen-bond acceptors (Lipinski definition) is 9. The highest BCUT2D eigenvalue weighted by atomic mass is 32.2. The molecule has 9 heteroatoms. The Labute approximate surface area is 137 Å². The molecule has 0 amide bonds. The van der Waals surface area contributed by atoms with Crippen molar-refractivity contribution in [3.8, 4) is 0 Å². The van der Waals surface area contributed by atoms with Gasteiger partial charge in [0.25, 0.3) is 0 Å². The van der Waals surface area contributed by atoms with Crippen LogP contribution in [0, 0.1) is 0 Å². The number of ether oxygens (including phenoxy) is 1. The van der Waals surface area contributed by atoms with Gasteiger partial charge in [-0.15, -0.1) is 10.2 Å². The van der Waals surface area contributed by atoms with Crippen molar-refractivity contribution in [1.29, 1.82) is 0 Å². The van der Waals surface area contributed by atoms with E-state index >= 15 is 0 Å². The molecule has 22 heavy (non-hydrogen) atoms. The molecule has 0 aromatic carbocycles. The second kappa shape index (κ2) is 7.89. The van der Waals surface area contributed by atoms with Crippen LogP contribution in [0.15, 0.2) is 8.86 Å². The molecule has 1 N–H and O–H groups in total. The first-order valence-corrected chi connectivity index (χ1v) is 9.27. The van der Waals surface area contributed by atoms with Crippen molar-refractivity contribution in [3.05, 3.63) is 11.7 Å². The highest BCUT2D eigenvalue weighted by Crippen LogP contribution is 2.28. The molecule has 0 radical (unpaired) electrons. The van der Waals surface area contributed by atoms with Crippen LogP contribution < -0.4 is 5.32 Å². The Morgan fingerprint density at radius 2 is 2.36 bits per heavy atom. The molecule has 1 atom stereocenters. The molecule has 2 aromatic heterocycles. The van der Waals surface area contributed by atoms with Crippen LogP contribution in [0.25, 0.3) is 0 Å². The van der Waals surface area contributed by atoms with Crippen LogP contribution in [0.5, 0.6) is 0 Å². The van der Waals surface area contributed by atoms with E-state index < -0.39 is 0 Å². The Bertz CT molecular complexity index is 583. The SMILES string of the molecule is CCCc1noc(CSc2nnc(NCC3CCCO3)s2)n1. The van der Waals surface area contributed by atoms with E-state index in [0.29, 0.717) is 17.7 Å². The molecule has 120 valence electrons. The third kappa shape index (κ3) is 4.40. The predicted molar refractivity (Wildman–Crippen MR) is 85.2 cm³/mol. The number of aryl methyl sites for hydroxylation is 1. The van der Waals surface area contributed by atoms with Crippen molar-refractivity contribution < 1.29 is 9.26 Å². The Morgan fingerprint density at radius 3 is 3.18 bits per heavy atom. The first-order valence-electron chi connectivity index (χ1n) is 7.46. The summed E-state index contributed by atoms with van der Waals surface area (Å²) in [6.07, 6.45) is 4.43. The molecule has 0 saturated carbocycles. The quantitative estimate of drug-likeness (QED) is 0.734. The molecular weight excluding hydrogens is 322 g/mol. The highest BCUT2D eigenvalue weighted by Gasteiger charge is 2.16. The molecule has 7 nitrogen and oxygen atoms in total. The smallest absolute Gasteiger partial charge is 0.237 e. The number of aromatic nitrogens is 4. The molecule has 1 aliphatic rings. The molecular formula is C13H19N5O2S2. The molecule has 1 aliphatic heterocycles. The molecule has 0 spiro atoms.